The number of piperazine rings is 1. The van der Waals surface area contributed by atoms with Crippen molar-refractivity contribution in [2.24, 2.45) is 0 Å². The second-order valence-electron chi connectivity index (χ2n) is 5.38. The Balaban J connectivity index is 1.80. The van der Waals surface area contributed by atoms with Crippen molar-refractivity contribution in [2.45, 2.75) is 13.8 Å². The number of hydrogen-bond donors (Lipinski definition) is 1. The van der Waals surface area contributed by atoms with Crippen LogP contribution in [0.4, 0.5) is 5.69 Å². The second-order valence-corrected chi connectivity index (χ2v) is 5.83. The van der Waals surface area contributed by atoms with Gasteiger partial charge in [0.25, 0.3) is 0 Å². The Morgan fingerprint density at radius 2 is 1.85 bits per heavy atom. The molecule has 0 radical (unpaired) electrons. The van der Waals surface area contributed by atoms with E-state index >= 15 is 0 Å². The molecule has 1 saturated heterocycles. The number of rotatable bonds is 6. The van der Waals surface area contributed by atoms with Gasteiger partial charge < -0.3 is 9.64 Å². The van der Waals surface area contributed by atoms with E-state index in [-0.39, 0.29) is 0 Å². The number of ether oxygens (including phenoxy) is 1. The van der Waals surface area contributed by atoms with E-state index in [1.807, 2.05) is 0 Å². The van der Waals surface area contributed by atoms with Gasteiger partial charge in [0, 0.05) is 44.2 Å². The van der Waals surface area contributed by atoms with Crippen LogP contribution in [0, 0.1) is 13.8 Å². The van der Waals surface area contributed by atoms with Crippen molar-refractivity contribution in [3.05, 3.63) is 29.3 Å². The summed E-state index contributed by atoms with van der Waals surface area (Å²) in [4.78, 5) is 4.99. The molecule has 1 aromatic rings. The molecule has 3 nitrogen and oxygen atoms in total. The van der Waals surface area contributed by atoms with Crippen molar-refractivity contribution < 1.29 is 4.74 Å². The topological polar surface area (TPSA) is 15.7 Å². The average molecular weight is 294 g/mol. The van der Waals surface area contributed by atoms with Crippen LogP contribution < -0.4 is 4.90 Å². The average Bonchev–Trinajstić information content (AvgIpc) is 2.47. The van der Waals surface area contributed by atoms with E-state index < -0.39 is 0 Å². The van der Waals surface area contributed by atoms with Gasteiger partial charge >= 0.3 is 0 Å². The first-order chi connectivity index (χ1) is 9.72. The van der Waals surface area contributed by atoms with Gasteiger partial charge in [0.05, 0.1) is 13.2 Å². The Hall–Kier alpha value is -0.710. The lowest BCUT2D eigenvalue weighted by Gasteiger charge is -2.37. The summed E-state index contributed by atoms with van der Waals surface area (Å²) in [5, 5.41) is 0. The molecule has 2 rings (SSSR count). The minimum absolute atomic E-state index is 0.756. The van der Waals surface area contributed by atoms with Crippen molar-refractivity contribution in [3.8, 4) is 0 Å². The summed E-state index contributed by atoms with van der Waals surface area (Å²) in [7, 11) is 0. The molecule has 1 aliphatic heterocycles. The Morgan fingerprint density at radius 3 is 2.55 bits per heavy atom. The highest BCUT2D eigenvalue weighted by Crippen LogP contribution is 2.23. The van der Waals surface area contributed by atoms with E-state index in [4.69, 9.17) is 4.74 Å². The molecular formula is C16H26N2OS. The lowest BCUT2D eigenvalue weighted by Crippen LogP contribution is -2.47. The molecule has 1 aromatic carbocycles. The maximum atomic E-state index is 5.50. The summed E-state index contributed by atoms with van der Waals surface area (Å²) >= 11 is 4.15. The van der Waals surface area contributed by atoms with Crippen molar-refractivity contribution in [1.82, 2.24) is 4.90 Å². The van der Waals surface area contributed by atoms with Crippen LogP contribution in [0.25, 0.3) is 0 Å². The van der Waals surface area contributed by atoms with E-state index in [1.54, 1.807) is 0 Å². The molecule has 112 valence electrons. The van der Waals surface area contributed by atoms with Crippen molar-refractivity contribution in [2.75, 3.05) is 56.6 Å². The van der Waals surface area contributed by atoms with Crippen LogP contribution >= 0.6 is 12.6 Å². The predicted molar refractivity (Wildman–Crippen MR) is 89.2 cm³/mol. The number of benzene rings is 1. The third-order valence-electron chi connectivity index (χ3n) is 4.08. The van der Waals surface area contributed by atoms with Crippen LogP contribution in [0.1, 0.15) is 11.1 Å². The lowest BCUT2D eigenvalue weighted by molar-refractivity contribution is 0.113. The molecule has 0 aromatic heterocycles. The zero-order chi connectivity index (χ0) is 14.4. The number of aryl methyl sites for hydroxylation is 1. The largest absolute Gasteiger partial charge is 0.379 e. The molecule has 0 N–H and O–H groups in total. The van der Waals surface area contributed by atoms with Crippen LogP contribution in [0.2, 0.25) is 0 Å². The Bertz CT molecular complexity index is 417. The van der Waals surface area contributed by atoms with Gasteiger partial charge in [0.15, 0.2) is 0 Å². The normalized spacial score (nSPS) is 16.6. The van der Waals surface area contributed by atoms with Crippen LogP contribution in [0.3, 0.4) is 0 Å². The fourth-order valence-corrected chi connectivity index (χ4v) is 2.78. The first kappa shape index (κ1) is 15.7. The zero-order valence-electron chi connectivity index (χ0n) is 12.6. The quantitative estimate of drug-likeness (QED) is 0.641. The molecule has 1 aliphatic rings. The van der Waals surface area contributed by atoms with Gasteiger partial charge in [-0.05, 0) is 31.0 Å². The van der Waals surface area contributed by atoms with Gasteiger partial charge in [-0.3, -0.25) is 4.90 Å². The fourth-order valence-electron chi connectivity index (χ4n) is 2.65. The molecular weight excluding hydrogens is 268 g/mol. The summed E-state index contributed by atoms with van der Waals surface area (Å²) in [6, 6.07) is 6.59. The molecule has 0 aliphatic carbocycles. The molecule has 0 amide bonds. The van der Waals surface area contributed by atoms with Crippen molar-refractivity contribution in [3.63, 3.8) is 0 Å². The first-order valence-corrected chi connectivity index (χ1v) is 8.07. The van der Waals surface area contributed by atoms with Gasteiger partial charge in [0.2, 0.25) is 0 Å². The third kappa shape index (κ3) is 4.14. The summed E-state index contributed by atoms with van der Waals surface area (Å²) in [6.07, 6.45) is 0. The van der Waals surface area contributed by atoms with Gasteiger partial charge in [-0.15, -0.1) is 0 Å². The van der Waals surface area contributed by atoms with Gasteiger partial charge in [-0.25, -0.2) is 0 Å². The Morgan fingerprint density at radius 1 is 1.10 bits per heavy atom. The standard InChI is InChI=1S/C16H26N2OS/c1-14-4-3-5-16(15(14)2)18-8-6-17(7-9-18)10-11-19-12-13-20/h3-5,20H,6-13H2,1-2H3. The minimum atomic E-state index is 0.756. The predicted octanol–water partition coefficient (Wildman–Crippen LogP) is 2.37. The van der Waals surface area contributed by atoms with Crippen molar-refractivity contribution in [1.29, 1.82) is 0 Å². The van der Waals surface area contributed by atoms with E-state index in [9.17, 15) is 0 Å². The summed E-state index contributed by atoms with van der Waals surface area (Å²) in [6.45, 7) is 11.5. The zero-order valence-corrected chi connectivity index (χ0v) is 13.5. The first-order valence-electron chi connectivity index (χ1n) is 7.44. The van der Waals surface area contributed by atoms with Crippen molar-refractivity contribution >= 4 is 18.3 Å². The molecule has 1 fully saturated rings. The Kier molecular flexibility index (Phi) is 6.20. The molecule has 0 atom stereocenters. The van der Waals surface area contributed by atoms with Gasteiger partial charge in [-0.2, -0.15) is 12.6 Å². The number of nitrogens with zero attached hydrogens (tertiary/aromatic N) is 2. The number of hydrogen-bond acceptors (Lipinski definition) is 4. The molecule has 20 heavy (non-hydrogen) atoms. The third-order valence-corrected chi connectivity index (χ3v) is 4.26. The fraction of sp³-hybridized carbons (Fsp3) is 0.625. The highest BCUT2D eigenvalue weighted by atomic mass is 32.1. The van der Waals surface area contributed by atoms with Crippen LogP contribution in [-0.4, -0.2) is 56.6 Å². The van der Waals surface area contributed by atoms with E-state index in [2.05, 4.69) is 54.5 Å². The summed E-state index contributed by atoms with van der Waals surface area (Å²) in [5.74, 6) is 0.806. The molecule has 0 unspecified atom stereocenters. The number of anilines is 1. The molecule has 0 saturated carbocycles. The second kappa shape index (κ2) is 7.91. The number of thiol groups is 1. The van der Waals surface area contributed by atoms with Crippen LogP contribution in [-0.2, 0) is 4.74 Å². The lowest BCUT2D eigenvalue weighted by atomic mass is 10.1. The monoisotopic (exact) mass is 294 g/mol. The van der Waals surface area contributed by atoms with E-state index in [1.165, 1.54) is 16.8 Å². The highest BCUT2D eigenvalue weighted by molar-refractivity contribution is 7.80. The SMILES string of the molecule is Cc1cccc(N2CCN(CCOCCS)CC2)c1C. The maximum absolute atomic E-state index is 5.50. The van der Waals surface area contributed by atoms with E-state index in [0.29, 0.717) is 0 Å². The van der Waals surface area contributed by atoms with Gasteiger partial charge in [-0.1, -0.05) is 12.1 Å². The molecule has 0 spiro atoms. The Labute approximate surface area is 128 Å². The summed E-state index contributed by atoms with van der Waals surface area (Å²) in [5.41, 5.74) is 4.19. The van der Waals surface area contributed by atoms with Gasteiger partial charge in [0.1, 0.15) is 0 Å². The molecule has 0 bridgehead atoms. The smallest absolute Gasteiger partial charge is 0.0593 e. The van der Waals surface area contributed by atoms with Crippen LogP contribution in [0.5, 0.6) is 0 Å². The van der Waals surface area contributed by atoms with Crippen LogP contribution in [0.15, 0.2) is 18.2 Å². The van der Waals surface area contributed by atoms with E-state index in [0.717, 1.165) is 51.7 Å². The molecule has 4 heteroatoms. The highest BCUT2D eigenvalue weighted by Gasteiger charge is 2.18. The summed E-state index contributed by atoms with van der Waals surface area (Å²) < 4.78 is 5.50. The minimum Gasteiger partial charge on any atom is -0.379 e. The molecule has 1 heterocycles. The maximum Gasteiger partial charge on any atom is 0.0593 e.